The quantitative estimate of drug-likeness (QED) is 0.293. The molecule has 0 bridgehead atoms. The number of fused-ring (bicyclic) bond motifs is 2. The number of aliphatic hydroxyl groups excluding tert-OH is 1. The third-order valence-corrected chi connectivity index (χ3v) is 6.66. The Hall–Kier alpha value is -4.69. The standard InChI is InChI=1S/C26H27FN8O5/c1-15(14-40-3)33-12-17-23(26(33)39)34(13-21(36)30-19-8-7-16(27)11-29-19)22-10-18(31-35(22)24(17)37)25(38)32(2)20-6-4-5-9-28-20/h4-11,15,25,38H,12-14H2,1-3H3,(H,29,30,36)/t15-,25?/m0/s1. The molecule has 208 valence electrons. The lowest BCUT2D eigenvalue weighted by molar-refractivity contribution is -0.116. The van der Waals surface area contributed by atoms with Crippen LogP contribution in [0.2, 0.25) is 0 Å². The Bertz CT molecular complexity index is 1620. The Labute approximate surface area is 227 Å². The summed E-state index contributed by atoms with van der Waals surface area (Å²) in [5, 5.41) is 18.0. The normalized spacial score (nSPS) is 14.3. The zero-order chi connectivity index (χ0) is 28.6. The van der Waals surface area contributed by atoms with Gasteiger partial charge < -0.3 is 29.5 Å². The highest BCUT2D eigenvalue weighted by atomic mass is 19.1. The van der Waals surface area contributed by atoms with E-state index < -0.39 is 29.4 Å². The molecule has 0 saturated heterocycles. The molecule has 40 heavy (non-hydrogen) atoms. The van der Waals surface area contributed by atoms with Gasteiger partial charge in [-0.2, -0.15) is 9.61 Å². The Morgan fingerprint density at radius 1 is 1.25 bits per heavy atom. The molecule has 14 heteroatoms. The molecule has 2 atom stereocenters. The molecule has 1 aliphatic heterocycles. The number of pyridine rings is 2. The molecule has 0 spiro atoms. The van der Waals surface area contributed by atoms with Crippen LogP contribution in [0.25, 0.3) is 5.65 Å². The van der Waals surface area contributed by atoms with Gasteiger partial charge in [-0.05, 0) is 31.2 Å². The van der Waals surface area contributed by atoms with E-state index in [1.54, 1.807) is 38.4 Å². The molecule has 5 rings (SSSR count). The minimum atomic E-state index is -1.29. The van der Waals surface area contributed by atoms with Gasteiger partial charge in [-0.3, -0.25) is 14.4 Å². The second-order valence-corrected chi connectivity index (χ2v) is 9.38. The summed E-state index contributed by atoms with van der Waals surface area (Å²) >= 11 is 0. The maximum atomic E-state index is 13.6. The lowest BCUT2D eigenvalue weighted by Crippen LogP contribution is -2.37. The van der Waals surface area contributed by atoms with E-state index in [9.17, 15) is 23.9 Å². The van der Waals surface area contributed by atoms with Gasteiger partial charge in [0, 0.05) is 26.4 Å². The molecule has 13 nitrogen and oxygen atoms in total. The van der Waals surface area contributed by atoms with Crippen LogP contribution < -0.4 is 15.8 Å². The summed E-state index contributed by atoms with van der Waals surface area (Å²) in [7, 11) is 3.13. The SMILES string of the molecule is COC[C@H](C)N1Cc2c(n(CC(=O)Nc3ccc(F)cn3)c3cc(C(O)N(C)c4ccccn4)nn3c2=O)C1=O. The predicted octanol–water partition coefficient (Wildman–Crippen LogP) is 1.18. The van der Waals surface area contributed by atoms with Gasteiger partial charge in [-0.1, -0.05) is 6.07 Å². The van der Waals surface area contributed by atoms with Gasteiger partial charge in [-0.15, -0.1) is 0 Å². The number of carbonyl (C=O) groups excluding carboxylic acids is 2. The first kappa shape index (κ1) is 26.9. The van der Waals surface area contributed by atoms with Gasteiger partial charge in [-0.25, -0.2) is 14.4 Å². The van der Waals surface area contributed by atoms with Crippen LogP contribution in [-0.2, 0) is 22.6 Å². The highest BCUT2D eigenvalue weighted by molar-refractivity contribution is 5.98. The van der Waals surface area contributed by atoms with Gasteiger partial charge >= 0.3 is 0 Å². The van der Waals surface area contributed by atoms with Gasteiger partial charge in [0.25, 0.3) is 11.5 Å². The van der Waals surface area contributed by atoms with Crippen molar-refractivity contribution >= 4 is 29.1 Å². The van der Waals surface area contributed by atoms with Crippen LogP contribution in [-0.4, -0.2) is 72.8 Å². The maximum absolute atomic E-state index is 13.6. The number of halogens is 1. The number of nitrogens with one attached hydrogen (secondary N) is 1. The van der Waals surface area contributed by atoms with Crippen molar-refractivity contribution in [3.63, 3.8) is 0 Å². The summed E-state index contributed by atoms with van der Waals surface area (Å²) in [4.78, 5) is 51.2. The van der Waals surface area contributed by atoms with Crippen LogP contribution in [0.1, 0.15) is 34.9 Å². The first-order valence-electron chi connectivity index (χ1n) is 12.4. The lowest BCUT2D eigenvalue weighted by atomic mass is 10.2. The van der Waals surface area contributed by atoms with E-state index in [1.807, 2.05) is 0 Å². The van der Waals surface area contributed by atoms with Gasteiger partial charge in [0.15, 0.2) is 6.23 Å². The maximum Gasteiger partial charge on any atom is 0.280 e. The summed E-state index contributed by atoms with van der Waals surface area (Å²) in [6.45, 7) is 1.65. The largest absolute Gasteiger partial charge is 0.383 e. The fourth-order valence-electron chi connectivity index (χ4n) is 4.64. The van der Waals surface area contributed by atoms with Crippen LogP contribution in [0, 0.1) is 5.82 Å². The van der Waals surface area contributed by atoms with Crippen molar-refractivity contribution < 1.29 is 23.8 Å². The van der Waals surface area contributed by atoms with Crippen molar-refractivity contribution in [2.24, 2.45) is 0 Å². The van der Waals surface area contributed by atoms with Crippen LogP contribution in [0.5, 0.6) is 0 Å². The molecule has 2 amide bonds. The molecule has 0 aliphatic carbocycles. The number of aliphatic hydroxyl groups is 1. The van der Waals surface area contributed by atoms with E-state index in [-0.39, 0.29) is 54.2 Å². The second-order valence-electron chi connectivity index (χ2n) is 9.38. The molecular weight excluding hydrogens is 523 g/mol. The average molecular weight is 551 g/mol. The molecule has 5 heterocycles. The van der Waals surface area contributed by atoms with E-state index in [0.717, 1.165) is 16.8 Å². The summed E-state index contributed by atoms with van der Waals surface area (Å²) in [6, 6.07) is 8.77. The first-order chi connectivity index (χ1) is 19.2. The number of hydrogen-bond donors (Lipinski definition) is 2. The van der Waals surface area contributed by atoms with Gasteiger partial charge in [0.1, 0.15) is 41.0 Å². The highest BCUT2D eigenvalue weighted by Gasteiger charge is 2.37. The Balaban J connectivity index is 1.58. The van der Waals surface area contributed by atoms with Crippen molar-refractivity contribution in [2.75, 3.05) is 31.0 Å². The predicted molar refractivity (Wildman–Crippen MR) is 141 cm³/mol. The Kier molecular flexibility index (Phi) is 7.28. The number of aromatic nitrogens is 5. The molecule has 0 fully saturated rings. The average Bonchev–Trinajstić information content (AvgIpc) is 3.55. The van der Waals surface area contributed by atoms with Crippen LogP contribution in [0.4, 0.5) is 16.0 Å². The molecule has 1 aliphatic rings. The number of hydrogen-bond acceptors (Lipinski definition) is 9. The number of anilines is 2. The fourth-order valence-corrected chi connectivity index (χ4v) is 4.64. The number of amides is 2. The molecule has 4 aromatic heterocycles. The van der Waals surface area contributed by atoms with Crippen molar-refractivity contribution in [2.45, 2.75) is 32.3 Å². The molecular formula is C26H27FN8O5. The monoisotopic (exact) mass is 550 g/mol. The summed E-state index contributed by atoms with van der Waals surface area (Å²) < 4.78 is 20.9. The number of methoxy groups -OCH3 is 1. The van der Waals surface area contributed by atoms with Gasteiger partial charge in [0.2, 0.25) is 5.91 Å². The second kappa shape index (κ2) is 10.8. The minimum Gasteiger partial charge on any atom is -0.383 e. The zero-order valence-electron chi connectivity index (χ0n) is 22.0. The van der Waals surface area contributed by atoms with Crippen molar-refractivity contribution in [1.82, 2.24) is 29.0 Å². The molecule has 0 saturated carbocycles. The number of nitrogens with zero attached hydrogens (tertiary/aromatic N) is 7. The van der Waals surface area contributed by atoms with Crippen molar-refractivity contribution in [3.8, 4) is 0 Å². The smallest absolute Gasteiger partial charge is 0.280 e. The van der Waals surface area contributed by atoms with Crippen LogP contribution in [0.15, 0.2) is 53.6 Å². The fraction of sp³-hybridized carbons (Fsp3) is 0.308. The third-order valence-electron chi connectivity index (χ3n) is 6.66. The number of carbonyl (C=O) groups is 2. The van der Waals surface area contributed by atoms with Gasteiger partial charge in [0.05, 0.1) is 31.0 Å². The summed E-state index contributed by atoms with van der Waals surface area (Å²) in [5.74, 6) is -0.996. The third kappa shape index (κ3) is 4.89. The molecule has 4 aromatic rings. The molecule has 1 unspecified atom stereocenters. The van der Waals surface area contributed by atoms with Crippen molar-refractivity contribution in [1.29, 1.82) is 0 Å². The molecule has 2 N–H and O–H groups in total. The lowest BCUT2D eigenvalue weighted by Gasteiger charge is -2.23. The number of rotatable bonds is 9. The van der Waals surface area contributed by atoms with E-state index in [4.69, 9.17) is 4.74 Å². The molecule has 0 aromatic carbocycles. The van der Waals surface area contributed by atoms with E-state index in [2.05, 4.69) is 20.4 Å². The topological polar surface area (TPSA) is 147 Å². The van der Waals surface area contributed by atoms with E-state index in [0.29, 0.717) is 5.82 Å². The molecule has 0 radical (unpaired) electrons. The summed E-state index contributed by atoms with van der Waals surface area (Å²) in [6.07, 6.45) is 1.25. The van der Waals surface area contributed by atoms with Crippen LogP contribution >= 0.6 is 0 Å². The number of ether oxygens (including phenoxy) is 1. The highest BCUT2D eigenvalue weighted by Crippen LogP contribution is 2.27. The Morgan fingerprint density at radius 2 is 2.05 bits per heavy atom. The van der Waals surface area contributed by atoms with E-state index in [1.165, 1.54) is 33.6 Å². The van der Waals surface area contributed by atoms with Crippen molar-refractivity contribution in [3.05, 3.63) is 81.9 Å². The first-order valence-corrected chi connectivity index (χ1v) is 12.4. The zero-order valence-corrected chi connectivity index (χ0v) is 22.0. The Morgan fingerprint density at radius 3 is 2.73 bits per heavy atom. The van der Waals surface area contributed by atoms with E-state index >= 15 is 0 Å². The van der Waals surface area contributed by atoms with Crippen LogP contribution in [0.3, 0.4) is 0 Å². The summed E-state index contributed by atoms with van der Waals surface area (Å²) in [5.41, 5.74) is -0.0947. The minimum absolute atomic E-state index is 0.000187.